The highest BCUT2D eigenvalue weighted by atomic mass is 19.4. The molecule has 6 nitrogen and oxygen atoms in total. The molecule has 2 N–H and O–H groups in total. The second-order valence-electron chi connectivity index (χ2n) is 5.73. The van der Waals surface area contributed by atoms with Gasteiger partial charge in [-0.1, -0.05) is 17.7 Å². The Bertz CT molecular complexity index is 770. The van der Waals surface area contributed by atoms with E-state index in [1.165, 1.54) is 7.05 Å². The third kappa shape index (κ3) is 4.54. The van der Waals surface area contributed by atoms with Crippen LogP contribution in [-0.2, 0) is 29.2 Å². The predicted octanol–water partition coefficient (Wildman–Crippen LogP) is 2.97. The number of benzene rings is 1. The molecule has 0 saturated heterocycles. The van der Waals surface area contributed by atoms with E-state index in [1.807, 2.05) is 6.92 Å². The van der Waals surface area contributed by atoms with Gasteiger partial charge in [-0.25, -0.2) is 4.68 Å². The molecule has 1 aromatic carbocycles. The highest BCUT2D eigenvalue weighted by Gasteiger charge is 2.40. The number of carbonyl (C=O) groups excluding carboxylic acids is 1. The van der Waals surface area contributed by atoms with E-state index in [2.05, 4.69) is 5.10 Å². The van der Waals surface area contributed by atoms with Crippen molar-refractivity contribution in [2.24, 2.45) is 12.8 Å². The van der Waals surface area contributed by atoms with Gasteiger partial charge in [-0.2, -0.15) is 18.3 Å². The fraction of sp³-hybridized carbons (Fsp3) is 0.412. The molecule has 0 radical (unpaired) electrons. The molecule has 0 bridgehead atoms. The molecule has 1 heterocycles. The molecular formula is C17H20F3N3O3. The Kier molecular flexibility index (Phi) is 5.91. The molecule has 1 aromatic heterocycles. The molecule has 0 spiro atoms. The molecule has 2 aromatic rings. The molecular weight excluding hydrogens is 351 g/mol. The highest BCUT2D eigenvalue weighted by molar-refractivity contribution is 5.76. The van der Waals surface area contributed by atoms with E-state index < -0.39 is 30.3 Å². The lowest BCUT2D eigenvalue weighted by Crippen LogP contribution is -2.35. The monoisotopic (exact) mass is 371 g/mol. The maximum Gasteiger partial charge on any atom is 0.435 e. The molecule has 0 fully saturated rings. The lowest BCUT2D eigenvalue weighted by Gasteiger charge is -2.14. The highest BCUT2D eigenvalue weighted by Crippen LogP contribution is 2.37. The van der Waals surface area contributed by atoms with Gasteiger partial charge in [-0.3, -0.25) is 4.79 Å². The number of aromatic nitrogens is 2. The average molecular weight is 371 g/mol. The van der Waals surface area contributed by atoms with E-state index in [0.29, 0.717) is 5.75 Å². The number of carbonyl (C=O) groups is 1. The van der Waals surface area contributed by atoms with Crippen LogP contribution in [0.3, 0.4) is 0 Å². The van der Waals surface area contributed by atoms with Crippen molar-refractivity contribution >= 4 is 5.97 Å². The van der Waals surface area contributed by atoms with E-state index in [9.17, 15) is 18.0 Å². The summed E-state index contributed by atoms with van der Waals surface area (Å²) in [5, 5.41) is 3.51. The SMILES string of the molecule is CCOC(=O)C(N)Cc1c(C(F)(F)F)nn(C)c1Oc1ccc(C)cc1. The van der Waals surface area contributed by atoms with Crippen LogP contribution in [0.4, 0.5) is 13.2 Å². The van der Waals surface area contributed by atoms with Crippen molar-refractivity contribution < 1.29 is 27.4 Å². The number of rotatable bonds is 6. The summed E-state index contributed by atoms with van der Waals surface area (Å²) in [7, 11) is 1.33. The number of nitrogens with zero attached hydrogens (tertiary/aromatic N) is 2. The quantitative estimate of drug-likeness (QED) is 0.790. The number of alkyl halides is 3. The smallest absolute Gasteiger partial charge is 0.435 e. The van der Waals surface area contributed by atoms with Gasteiger partial charge in [0.15, 0.2) is 5.69 Å². The summed E-state index contributed by atoms with van der Waals surface area (Å²) in [4.78, 5) is 11.7. The largest absolute Gasteiger partial charge is 0.465 e. The van der Waals surface area contributed by atoms with Gasteiger partial charge in [0.2, 0.25) is 5.88 Å². The minimum atomic E-state index is -4.71. The summed E-state index contributed by atoms with van der Waals surface area (Å²) in [5.41, 5.74) is 5.25. The molecule has 9 heteroatoms. The number of ether oxygens (including phenoxy) is 2. The van der Waals surface area contributed by atoms with Crippen LogP contribution in [-0.4, -0.2) is 28.4 Å². The summed E-state index contributed by atoms with van der Waals surface area (Å²) < 4.78 is 51.4. The zero-order valence-corrected chi connectivity index (χ0v) is 14.6. The summed E-state index contributed by atoms with van der Waals surface area (Å²) in [5.74, 6) is -0.565. The van der Waals surface area contributed by atoms with Crippen molar-refractivity contribution in [1.82, 2.24) is 9.78 Å². The number of aryl methyl sites for hydroxylation is 2. The van der Waals surface area contributed by atoms with E-state index in [4.69, 9.17) is 15.2 Å². The summed E-state index contributed by atoms with van der Waals surface area (Å²) in [6.07, 6.45) is -5.13. The molecule has 1 unspecified atom stereocenters. The Morgan fingerprint density at radius 2 is 1.92 bits per heavy atom. The molecule has 0 aliphatic carbocycles. The van der Waals surface area contributed by atoms with Gasteiger partial charge in [-0.05, 0) is 26.0 Å². The number of hydrogen-bond donors (Lipinski definition) is 1. The standard InChI is InChI=1S/C17H20F3N3O3/c1-4-25-16(24)13(21)9-12-14(17(18,19)20)22-23(3)15(12)26-11-7-5-10(2)6-8-11/h5-8,13H,4,9,21H2,1-3H3. The van der Waals surface area contributed by atoms with Gasteiger partial charge in [0, 0.05) is 19.0 Å². The van der Waals surface area contributed by atoms with Crippen molar-refractivity contribution in [3.63, 3.8) is 0 Å². The van der Waals surface area contributed by atoms with Crippen LogP contribution < -0.4 is 10.5 Å². The van der Waals surface area contributed by atoms with Gasteiger partial charge in [0.1, 0.15) is 11.8 Å². The van der Waals surface area contributed by atoms with E-state index >= 15 is 0 Å². The van der Waals surface area contributed by atoms with Crippen LogP contribution >= 0.6 is 0 Å². The van der Waals surface area contributed by atoms with Crippen LogP contribution in [0, 0.1) is 6.92 Å². The second-order valence-corrected chi connectivity index (χ2v) is 5.73. The number of halogens is 3. The molecule has 0 aliphatic rings. The topological polar surface area (TPSA) is 79.4 Å². The zero-order valence-electron chi connectivity index (χ0n) is 14.6. The van der Waals surface area contributed by atoms with Crippen LogP contribution in [0.1, 0.15) is 23.7 Å². The first-order valence-corrected chi connectivity index (χ1v) is 7.93. The Hall–Kier alpha value is -2.55. The maximum absolute atomic E-state index is 13.3. The lowest BCUT2D eigenvalue weighted by molar-refractivity contribution is -0.146. The van der Waals surface area contributed by atoms with Gasteiger partial charge >= 0.3 is 12.1 Å². The zero-order chi connectivity index (χ0) is 19.5. The number of hydrogen-bond acceptors (Lipinski definition) is 5. The van der Waals surface area contributed by atoms with Crippen molar-refractivity contribution in [3.05, 3.63) is 41.1 Å². The Labute approximate surface area is 148 Å². The molecule has 0 saturated carbocycles. The third-order valence-electron chi connectivity index (χ3n) is 3.61. The number of esters is 1. The van der Waals surface area contributed by atoms with Crippen molar-refractivity contribution in [1.29, 1.82) is 0 Å². The van der Waals surface area contributed by atoms with Crippen LogP contribution in [0.2, 0.25) is 0 Å². The molecule has 0 amide bonds. The minimum Gasteiger partial charge on any atom is -0.465 e. The Morgan fingerprint density at radius 1 is 1.31 bits per heavy atom. The fourth-order valence-corrected chi connectivity index (χ4v) is 2.36. The maximum atomic E-state index is 13.3. The predicted molar refractivity (Wildman–Crippen MR) is 87.8 cm³/mol. The van der Waals surface area contributed by atoms with Gasteiger partial charge in [-0.15, -0.1) is 0 Å². The minimum absolute atomic E-state index is 0.0818. The second kappa shape index (κ2) is 7.77. The summed E-state index contributed by atoms with van der Waals surface area (Å²) in [6, 6.07) is 5.52. The van der Waals surface area contributed by atoms with Crippen molar-refractivity contribution in [2.45, 2.75) is 32.5 Å². The van der Waals surface area contributed by atoms with Crippen molar-refractivity contribution in [2.75, 3.05) is 6.61 Å². The third-order valence-corrected chi connectivity index (χ3v) is 3.61. The first kappa shape index (κ1) is 19.8. The van der Waals surface area contributed by atoms with E-state index in [1.54, 1.807) is 31.2 Å². The lowest BCUT2D eigenvalue weighted by atomic mass is 10.1. The van der Waals surface area contributed by atoms with Gasteiger partial charge in [0.05, 0.1) is 6.61 Å². The van der Waals surface area contributed by atoms with Crippen LogP contribution in [0.5, 0.6) is 11.6 Å². The fourth-order valence-electron chi connectivity index (χ4n) is 2.36. The van der Waals surface area contributed by atoms with Crippen LogP contribution in [0.25, 0.3) is 0 Å². The normalized spacial score (nSPS) is 12.7. The molecule has 142 valence electrons. The summed E-state index contributed by atoms with van der Waals surface area (Å²) >= 11 is 0. The summed E-state index contributed by atoms with van der Waals surface area (Å²) in [6.45, 7) is 3.54. The first-order valence-electron chi connectivity index (χ1n) is 7.93. The molecule has 1 atom stereocenters. The first-order chi connectivity index (χ1) is 12.1. The van der Waals surface area contributed by atoms with Gasteiger partial charge in [0.25, 0.3) is 0 Å². The Balaban J connectivity index is 2.41. The van der Waals surface area contributed by atoms with E-state index in [-0.39, 0.29) is 18.1 Å². The molecule has 2 rings (SSSR count). The van der Waals surface area contributed by atoms with E-state index in [0.717, 1.165) is 10.2 Å². The number of nitrogens with two attached hydrogens (primary N) is 1. The van der Waals surface area contributed by atoms with Crippen LogP contribution in [0.15, 0.2) is 24.3 Å². The molecule has 26 heavy (non-hydrogen) atoms. The Morgan fingerprint density at radius 3 is 2.46 bits per heavy atom. The van der Waals surface area contributed by atoms with Gasteiger partial charge < -0.3 is 15.2 Å². The van der Waals surface area contributed by atoms with Crippen molar-refractivity contribution in [3.8, 4) is 11.6 Å². The molecule has 0 aliphatic heterocycles. The average Bonchev–Trinajstić information content (AvgIpc) is 2.86.